The molecule has 2 rings (SSSR count). The first-order chi connectivity index (χ1) is 6.09. The van der Waals surface area contributed by atoms with Crippen molar-refractivity contribution in [1.82, 2.24) is 0 Å². The van der Waals surface area contributed by atoms with E-state index in [0.29, 0.717) is 6.10 Å². The van der Waals surface area contributed by atoms with Gasteiger partial charge in [0.1, 0.15) is 0 Å². The molecule has 69 valence electrons. The fourth-order valence-electron chi connectivity index (χ4n) is 2.10. The van der Waals surface area contributed by atoms with Crippen LogP contribution in [0.25, 0.3) is 0 Å². The smallest absolute Gasteiger partial charge is 0.0881 e. The lowest BCUT2D eigenvalue weighted by Gasteiger charge is -2.36. The van der Waals surface area contributed by atoms with Crippen LogP contribution in [0.4, 0.5) is 0 Å². The van der Waals surface area contributed by atoms with E-state index in [4.69, 9.17) is 4.74 Å². The van der Waals surface area contributed by atoms with Gasteiger partial charge in [0, 0.05) is 0 Å². The number of ether oxygens (including phenoxy) is 1. The van der Waals surface area contributed by atoms with Gasteiger partial charge in [0.2, 0.25) is 0 Å². The zero-order valence-electron chi connectivity index (χ0n) is 8.42. The van der Waals surface area contributed by atoms with Crippen LogP contribution < -0.4 is 0 Å². The van der Waals surface area contributed by atoms with Gasteiger partial charge >= 0.3 is 0 Å². The van der Waals surface area contributed by atoms with E-state index in [9.17, 15) is 0 Å². The lowest BCUT2D eigenvalue weighted by atomic mass is 9.87. The molecule has 1 aromatic carbocycles. The number of fused-ring (bicyclic) bond motifs is 1. The molecule has 1 aliphatic rings. The summed E-state index contributed by atoms with van der Waals surface area (Å²) in [6, 6.07) is 9.44. The van der Waals surface area contributed by atoms with Gasteiger partial charge in [0.25, 0.3) is 0 Å². The molecule has 0 aromatic heterocycles. The predicted molar refractivity (Wildman–Crippen MR) is 52.6 cm³/mol. The van der Waals surface area contributed by atoms with Crippen molar-refractivity contribution in [1.29, 1.82) is 0 Å². The summed E-state index contributed by atoms with van der Waals surface area (Å²) in [6.07, 6.45) is 1.29. The highest BCUT2D eigenvalue weighted by Crippen LogP contribution is 2.34. The van der Waals surface area contributed by atoms with Gasteiger partial charge in [-0.25, -0.2) is 0 Å². The van der Waals surface area contributed by atoms with Gasteiger partial charge in [-0.3, -0.25) is 0 Å². The number of rotatable bonds is 0. The maximum absolute atomic E-state index is 5.88. The van der Waals surface area contributed by atoms with Crippen molar-refractivity contribution >= 4 is 0 Å². The second kappa shape index (κ2) is 2.85. The third kappa shape index (κ3) is 1.49. The Balaban J connectivity index is 2.50. The van der Waals surface area contributed by atoms with Crippen LogP contribution in [0.1, 0.15) is 31.9 Å². The van der Waals surface area contributed by atoms with Gasteiger partial charge in [-0.05, 0) is 44.4 Å². The topological polar surface area (TPSA) is 9.23 Å². The zero-order valence-corrected chi connectivity index (χ0v) is 8.42. The van der Waals surface area contributed by atoms with E-state index >= 15 is 0 Å². The van der Waals surface area contributed by atoms with Crippen LogP contribution in [0.15, 0.2) is 18.2 Å². The van der Waals surface area contributed by atoms with Crippen LogP contribution >= 0.6 is 0 Å². The second-order valence-corrected chi connectivity index (χ2v) is 4.21. The monoisotopic (exact) mass is 175 g/mol. The van der Waals surface area contributed by atoms with Crippen molar-refractivity contribution in [3.8, 4) is 0 Å². The summed E-state index contributed by atoms with van der Waals surface area (Å²) in [4.78, 5) is 0. The zero-order chi connectivity index (χ0) is 9.47. The van der Waals surface area contributed by atoms with E-state index in [1.807, 2.05) is 12.1 Å². The molecule has 0 bridgehead atoms. The molecule has 1 heteroatoms. The maximum atomic E-state index is 5.88. The Morgan fingerprint density at radius 3 is 3.08 bits per heavy atom. The third-order valence-corrected chi connectivity index (χ3v) is 2.58. The Morgan fingerprint density at radius 1 is 1.54 bits per heavy atom. The maximum Gasteiger partial charge on any atom is 0.0881 e. The second-order valence-electron chi connectivity index (χ2n) is 4.21. The fraction of sp³-hybridized carbons (Fsp3) is 0.500. The fourth-order valence-corrected chi connectivity index (χ4v) is 2.10. The van der Waals surface area contributed by atoms with E-state index in [1.165, 1.54) is 11.1 Å². The Bertz CT molecular complexity index is 315. The summed E-state index contributed by atoms with van der Waals surface area (Å²) < 4.78 is 5.88. The Hall–Kier alpha value is -0.820. The van der Waals surface area contributed by atoms with Gasteiger partial charge < -0.3 is 4.74 Å². The molecule has 0 amide bonds. The van der Waals surface area contributed by atoms with Crippen molar-refractivity contribution in [3.63, 3.8) is 0 Å². The van der Waals surface area contributed by atoms with Crippen molar-refractivity contribution in [3.05, 3.63) is 35.4 Å². The molecule has 1 atom stereocenters. The van der Waals surface area contributed by atoms with Gasteiger partial charge in [-0.2, -0.15) is 0 Å². The van der Waals surface area contributed by atoms with Crippen LogP contribution in [0.2, 0.25) is 0 Å². The minimum atomic E-state index is -0.148. The molecule has 0 saturated carbocycles. The SMILES string of the molecule is CC1Cc2[c]cccc2C(C)(C)O1. The van der Waals surface area contributed by atoms with Crippen LogP contribution in [0.3, 0.4) is 0 Å². The normalized spacial score (nSPS) is 25.3. The molecule has 0 fully saturated rings. The molecule has 1 nitrogen and oxygen atoms in total. The molecule has 13 heavy (non-hydrogen) atoms. The Labute approximate surface area is 79.7 Å². The lowest BCUT2D eigenvalue weighted by Crippen LogP contribution is -2.34. The highest BCUT2D eigenvalue weighted by Gasteiger charge is 2.31. The summed E-state index contributed by atoms with van der Waals surface area (Å²) >= 11 is 0. The van der Waals surface area contributed by atoms with Crippen molar-refractivity contribution < 1.29 is 4.74 Å². The largest absolute Gasteiger partial charge is 0.368 e. The molecular formula is C12H15O. The summed E-state index contributed by atoms with van der Waals surface area (Å²) in [5, 5.41) is 0. The number of benzene rings is 1. The Kier molecular flexibility index (Phi) is 1.92. The van der Waals surface area contributed by atoms with Gasteiger partial charge in [0.15, 0.2) is 0 Å². The quantitative estimate of drug-likeness (QED) is 0.589. The van der Waals surface area contributed by atoms with Crippen LogP contribution in [0, 0.1) is 6.07 Å². The first-order valence-electron chi connectivity index (χ1n) is 4.77. The van der Waals surface area contributed by atoms with E-state index in [-0.39, 0.29) is 5.60 Å². The molecule has 0 saturated heterocycles. The first-order valence-corrected chi connectivity index (χ1v) is 4.77. The molecule has 0 N–H and O–H groups in total. The van der Waals surface area contributed by atoms with Gasteiger partial charge in [0.05, 0.1) is 11.7 Å². The van der Waals surface area contributed by atoms with E-state index in [0.717, 1.165) is 6.42 Å². The average molecular weight is 175 g/mol. The number of hydrogen-bond donors (Lipinski definition) is 0. The summed E-state index contributed by atoms with van der Waals surface area (Å²) in [7, 11) is 0. The van der Waals surface area contributed by atoms with Crippen molar-refractivity contribution in [2.45, 2.75) is 38.9 Å². The molecular weight excluding hydrogens is 160 g/mol. The van der Waals surface area contributed by atoms with Crippen LogP contribution in [-0.2, 0) is 16.8 Å². The van der Waals surface area contributed by atoms with E-state index in [2.05, 4.69) is 32.9 Å². The summed E-state index contributed by atoms with van der Waals surface area (Å²) in [6.45, 7) is 6.36. The molecule has 1 radical (unpaired) electrons. The summed E-state index contributed by atoms with van der Waals surface area (Å²) in [5.74, 6) is 0. The molecule has 0 aliphatic carbocycles. The molecule has 1 heterocycles. The number of hydrogen-bond acceptors (Lipinski definition) is 1. The highest BCUT2D eigenvalue weighted by atomic mass is 16.5. The first kappa shape index (κ1) is 8.76. The van der Waals surface area contributed by atoms with Crippen LogP contribution in [0.5, 0.6) is 0 Å². The van der Waals surface area contributed by atoms with Gasteiger partial charge in [-0.15, -0.1) is 0 Å². The molecule has 0 spiro atoms. The van der Waals surface area contributed by atoms with E-state index in [1.54, 1.807) is 0 Å². The molecule has 1 aliphatic heterocycles. The standard InChI is InChI=1S/C12H15O/c1-9-8-10-6-4-5-7-11(10)12(2,3)13-9/h4-5,7,9H,8H2,1-3H3. The van der Waals surface area contributed by atoms with Crippen LogP contribution in [-0.4, -0.2) is 6.10 Å². The Morgan fingerprint density at radius 2 is 2.31 bits per heavy atom. The van der Waals surface area contributed by atoms with Crippen molar-refractivity contribution in [2.24, 2.45) is 0 Å². The molecule has 1 aromatic rings. The third-order valence-electron chi connectivity index (χ3n) is 2.58. The van der Waals surface area contributed by atoms with Crippen molar-refractivity contribution in [2.75, 3.05) is 0 Å². The minimum Gasteiger partial charge on any atom is -0.368 e. The lowest BCUT2D eigenvalue weighted by molar-refractivity contribution is -0.0793. The van der Waals surface area contributed by atoms with E-state index < -0.39 is 0 Å². The minimum absolute atomic E-state index is 0.148. The average Bonchev–Trinajstić information content (AvgIpc) is 2.02. The highest BCUT2D eigenvalue weighted by molar-refractivity contribution is 5.33. The molecule has 1 unspecified atom stereocenters. The van der Waals surface area contributed by atoms with Gasteiger partial charge in [-0.1, -0.05) is 18.2 Å². The predicted octanol–water partition coefficient (Wildman–Crippen LogP) is 2.68. The summed E-state index contributed by atoms with van der Waals surface area (Å²) in [5.41, 5.74) is 2.45.